The van der Waals surface area contributed by atoms with Gasteiger partial charge in [-0.25, -0.2) is 4.98 Å². The van der Waals surface area contributed by atoms with E-state index in [1.165, 1.54) is 11.1 Å². The first-order valence-electron chi connectivity index (χ1n) is 5.83. The van der Waals surface area contributed by atoms with Gasteiger partial charge in [-0.3, -0.25) is 0 Å². The third-order valence-electron chi connectivity index (χ3n) is 2.94. The van der Waals surface area contributed by atoms with Gasteiger partial charge in [0.05, 0.1) is 11.0 Å². The molecule has 1 aromatic carbocycles. The number of hydrogen-bond donors (Lipinski definition) is 1. The van der Waals surface area contributed by atoms with E-state index in [1.54, 1.807) is 0 Å². The number of hydrogen-bond acceptors (Lipinski definition) is 2. The Balaban J connectivity index is 2.39. The Morgan fingerprint density at radius 1 is 1.38 bits per heavy atom. The molecule has 2 rings (SSSR count). The second kappa shape index (κ2) is 4.66. The summed E-state index contributed by atoms with van der Waals surface area (Å²) in [5.41, 5.74) is 3.52. The summed E-state index contributed by atoms with van der Waals surface area (Å²) in [6, 6.07) is 6.39. The van der Waals surface area contributed by atoms with E-state index in [4.69, 9.17) is 5.11 Å². The highest BCUT2D eigenvalue weighted by molar-refractivity contribution is 5.76. The number of aromatic nitrogens is 2. The van der Waals surface area contributed by atoms with Gasteiger partial charge in [-0.2, -0.15) is 0 Å². The molecular formula is C13H18N2O. The lowest BCUT2D eigenvalue weighted by molar-refractivity contribution is 0.288. The summed E-state index contributed by atoms with van der Waals surface area (Å²) >= 11 is 0. The number of nitrogens with zero attached hydrogens (tertiary/aromatic N) is 2. The third-order valence-corrected chi connectivity index (χ3v) is 2.94. The minimum Gasteiger partial charge on any atom is -0.396 e. The number of aliphatic hydroxyl groups is 1. The van der Waals surface area contributed by atoms with Gasteiger partial charge in [-0.1, -0.05) is 6.07 Å². The van der Waals surface area contributed by atoms with Crippen molar-refractivity contribution in [1.29, 1.82) is 0 Å². The molecule has 0 aliphatic rings. The molecule has 0 bridgehead atoms. The highest BCUT2D eigenvalue weighted by Crippen LogP contribution is 2.18. The first kappa shape index (κ1) is 11.1. The van der Waals surface area contributed by atoms with Crippen molar-refractivity contribution in [3.63, 3.8) is 0 Å². The standard InChI is InChI=1S/C13H18N2O/c1-3-15-10(2)14-12-9-11(5-4-8-16)6-7-13(12)15/h6-7,9,16H,3-5,8H2,1-2H3. The highest BCUT2D eigenvalue weighted by Gasteiger charge is 2.06. The zero-order valence-electron chi connectivity index (χ0n) is 9.90. The van der Waals surface area contributed by atoms with Gasteiger partial charge < -0.3 is 9.67 Å². The van der Waals surface area contributed by atoms with Crippen LogP contribution >= 0.6 is 0 Å². The Hall–Kier alpha value is -1.35. The van der Waals surface area contributed by atoms with E-state index < -0.39 is 0 Å². The number of imidazole rings is 1. The fraction of sp³-hybridized carbons (Fsp3) is 0.462. The van der Waals surface area contributed by atoms with E-state index in [9.17, 15) is 0 Å². The summed E-state index contributed by atoms with van der Waals surface area (Å²) in [6.45, 7) is 5.38. The fourth-order valence-corrected chi connectivity index (χ4v) is 2.13. The van der Waals surface area contributed by atoms with E-state index in [2.05, 4.69) is 34.7 Å². The van der Waals surface area contributed by atoms with Crippen LogP contribution in [0.15, 0.2) is 18.2 Å². The molecule has 2 aromatic rings. The summed E-state index contributed by atoms with van der Waals surface area (Å²) in [6.07, 6.45) is 1.74. The number of benzene rings is 1. The Morgan fingerprint density at radius 2 is 2.19 bits per heavy atom. The van der Waals surface area contributed by atoms with E-state index in [1.807, 2.05) is 6.92 Å². The summed E-state index contributed by atoms with van der Waals surface area (Å²) in [7, 11) is 0. The largest absolute Gasteiger partial charge is 0.396 e. The molecule has 3 heteroatoms. The predicted molar refractivity (Wildman–Crippen MR) is 65.6 cm³/mol. The van der Waals surface area contributed by atoms with Crippen molar-refractivity contribution in [2.24, 2.45) is 0 Å². The van der Waals surface area contributed by atoms with Gasteiger partial charge in [0.2, 0.25) is 0 Å². The molecule has 86 valence electrons. The summed E-state index contributed by atoms with van der Waals surface area (Å²) in [4.78, 5) is 4.55. The van der Waals surface area contributed by atoms with Crippen LogP contribution in [0.25, 0.3) is 11.0 Å². The molecule has 0 saturated carbocycles. The van der Waals surface area contributed by atoms with Crippen LogP contribution in [0.5, 0.6) is 0 Å². The van der Waals surface area contributed by atoms with Gasteiger partial charge in [0, 0.05) is 13.2 Å². The van der Waals surface area contributed by atoms with Crippen LogP contribution in [0.4, 0.5) is 0 Å². The van der Waals surface area contributed by atoms with Crippen molar-refractivity contribution >= 4 is 11.0 Å². The molecule has 0 atom stereocenters. The van der Waals surface area contributed by atoms with Gasteiger partial charge in [0.1, 0.15) is 5.82 Å². The second-order valence-electron chi connectivity index (χ2n) is 4.05. The Morgan fingerprint density at radius 3 is 2.88 bits per heavy atom. The van der Waals surface area contributed by atoms with E-state index in [0.717, 1.165) is 30.7 Å². The van der Waals surface area contributed by atoms with Gasteiger partial charge in [-0.15, -0.1) is 0 Å². The molecule has 1 N–H and O–H groups in total. The summed E-state index contributed by atoms with van der Waals surface area (Å²) < 4.78 is 2.21. The molecule has 16 heavy (non-hydrogen) atoms. The molecule has 1 heterocycles. The SMILES string of the molecule is CCn1c(C)nc2cc(CCCO)ccc21. The van der Waals surface area contributed by atoms with Crippen LogP contribution in [0.3, 0.4) is 0 Å². The predicted octanol–water partition coefficient (Wildman–Crippen LogP) is 2.29. The summed E-state index contributed by atoms with van der Waals surface area (Å²) in [5.74, 6) is 1.07. The van der Waals surface area contributed by atoms with E-state index in [0.29, 0.717) is 0 Å². The monoisotopic (exact) mass is 218 g/mol. The molecule has 0 amide bonds. The maximum atomic E-state index is 8.81. The molecule has 0 saturated heterocycles. The number of aliphatic hydroxyl groups excluding tert-OH is 1. The molecule has 1 aromatic heterocycles. The lowest BCUT2D eigenvalue weighted by Gasteiger charge is -2.03. The van der Waals surface area contributed by atoms with Gasteiger partial charge in [0.15, 0.2) is 0 Å². The van der Waals surface area contributed by atoms with Crippen molar-refractivity contribution in [2.75, 3.05) is 6.61 Å². The minimum absolute atomic E-state index is 0.250. The molecule has 0 radical (unpaired) electrons. The smallest absolute Gasteiger partial charge is 0.106 e. The van der Waals surface area contributed by atoms with E-state index in [-0.39, 0.29) is 6.61 Å². The lowest BCUT2D eigenvalue weighted by Crippen LogP contribution is -1.96. The molecule has 0 aliphatic heterocycles. The van der Waals surface area contributed by atoms with Crippen LogP contribution in [-0.4, -0.2) is 21.3 Å². The average molecular weight is 218 g/mol. The topological polar surface area (TPSA) is 38.0 Å². The Labute approximate surface area is 95.7 Å². The molecule has 0 fully saturated rings. The van der Waals surface area contributed by atoms with Crippen molar-refractivity contribution in [1.82, 2.24) is 9.55 Å². The van der Waals surface area contributed by atoms with Crippen molar-refractivity contribution in [2.45, 2.75) is 33.2 Å². The fourth-order valence-electron chi connectivity index (χ4n) is 2.13. The van der Waals surface area contributed by atoms with Crippen LogP contribution in [0, 0.1) is 6.92 Å². The maximum Gasteiger partial charge on any atom is 0.106 e. The summed E-state index contributed by atoms with van der Waals surface area (Å²) in [5, 5.41) is 8.81. The highest BCUT2D eigenvalue weighted by atomic mass is 16.2. The first-order valence-corrected chi connectivity index (χ1v) is 5.83. The van der Waals surface area contributed by atoms with Crippen LogP contribution in [-0.2, 0) is 13.0 Å². The molecular weight excluding hydrogens is 200 g/mol. The first-order chi connectivity index (χ1) is 7.76. The lowest BCUT2D eigenvalue weighted by atomic mass is 10.1. The number of rotatable bonds is 4. The van der Waals surface area contributed by atoms with Gasteiger partial charge >= 0.3 is 0 Å². The van der Waals surface area contributed by atoms with Gasteiger partial charge in [0.25, 0.3) is 0 Å². The Bertz CT molecular complexity index is 488. The van der Waals surface area contributed by atoms with E-state index >= 15 is 0 Å². The number of aryl methyl sites for hydroxylation is 3. The quantitative estimate of drug-likeness (QED) is 0.855. The minimum atomic E-state index is 0.250. The zero-order valence-corrected chi connectivity index (χ0v) is 9.90. The van der Waals surface area contributed by atoms with Crippen LogP contribution < -0.4 is 0 Å². The third kappa shape index (κ3) is 1.95. The van der Waals surface area contributed by atoms with Crippen LogP contribution in [0.1, 0.15) is 24.7 Å². The molecule has 0 unspecified atom stereocenters. The molecule has 0 aliphatic carbocycles. The van der Waals surface area contributed by atoms with Crippen LogP contribution in [0.2, 0.25) is 0 Å². The van der Waals surface area contributed by atoms with Crippen molar-refractivity contribution in [3.8, 4) is 0 Å². The van der Waals surface area contributed by atoms with Gasteiger partial charge in [-0.05, 0) is 44.4 Å². The van der Waals surface area contributed by atoms with Crippen molar-refractivity contribution in [3.05, 3.63) is 29.6 Å². The molecule has 3 nitrogen and oxygen atoms in total. The molecule has 0 spiro atoms. The second-order valence-corrected chi connectivity index (χ2v) is 4.05. The maximum absolute atomic E-state index is 8.81. The normalized spacial score (nSPS) is 11.2. The Kier molecular flexibility index (Phi) is 3.25. The van der Waals surface area contributed by atoms with Crippen molar-refractivity contribution < 1.29 is 5.11 Å². The zero-order chi connectivity index (χ0) is 11.5. The average Bonchev–Trinajstić information content (AvgIpc) is 2.60. The number of fused-ring (bicyclic) bond motifs is 1.